The number of aliphatic hydroxyl groups is 1. The van der Waals surface area contributed by atoms with E-state index in [9.17, 15) is 9.90 Å². The maximum absolute atomic E-state index is 12.4. The van der Waals surface area contributed by atoms with E-state index in [4.69, 9.17) is 0 Å². The minimum atomic E-state index is -0.538. The molecular formula is C18H25N3O2. The van der Waals surface area contributed by atoms with E-state index in [-0.39, 0.29) is 18.1 Å². The second-order valence-corrected chi connectivity index (χ2v) is 7.28. The Kier molecular flexibility index (Phi) is 3.77. The van der Waals surface area contributed by atoms with Gasteiger partial charge in [0.25, 0.3) is 0 Å². The van der Waals surface area contributed by atoms with E-state index in [1.165, 1.54) is 12.8 Å². The lowest BCUT2D eigenvalue weighted by molar-refractivity contribution is 0.142. The fourth-order valence-electron chi connectivity index (χ4n) is 4.19. The van der Waals surface area contributed by atoms with E-state index in [2.05, 4.69) is 22.5 Å². The maximum atomic E-state index is 12.4. The van der Waals surface area contributed by atoms with Gasteiger partial charge in [0.2, 0.25) is 0 Å². The van der Waals surface area contributed by atoms with Crippen molar-refractivity contribution in [3.8, 4) is 0 Å². The molecule has 2 fully saturated rings. The van der Waals surface area contributed by atoms with Crippen molar-refractivity contribution in [1.29, 1.82) is 0 Å². The van der Waals surface area contributed by atoms with Crippen molar-refractivity contribution in [2.24, 2.45) is 0 Å². The number of hydrogen-bond donors (Lipinski definition) is 3. The minimum Gasteiger partial charge on any atom is -0.390 e. The van der Waals surface area contributed by atoms with Crippen molar-refractivity contribution in [2.75, 3.05) is 6.54 Å². The highest BCUT2D eigenvalue weighted by Crippen LogP contribution is 2.33. The average Bonchev–Trinajstić information content (AvgIpc) is 3.23. The molecular weight excluding hydrogens is 290 g/mol. The Morgan fingerprint density at radius 3 is 2.83 bits per heavy atom. The van der Waals surface area contributed by atoms with Crippen LogP contribution in [0, 0.1) is 0 Å². The first kappa shape index (κ1) is 15.0. The number of aliphatic hydroxyl groups excluding tert-OH is 1. The maximum Gasteiger partial charge on any atom is 0.315 e. The summed E-state index contributed by atoms with van der Waals surface area (Å²) < 4.78 is 0. The number of amides is 2. The molecule has 0 spiro atoms. The fraction of sp³-hybridized carbons (Fsp3) is 0.611. The van der Waals surface area contributed by atoms with Gasteiger partial charge < -0.3 is 15.7 Å². The van der Waals surface area contributed by atoms with Gasteiger partial charge in [-0.05, 0) is 37.3 Å². The number of hydrogen-bond acceptors (Lipinski definition) is 3. The average molecular weight is 315 g/mol. The topological polar surface area (TPSA) is 64.6 Å². The zero-order chi connectivity index (χ0) is 16.0. The molecule has 3 aliphatic rings. The van der Waals surface area contributed by atoms with Gasteiger partial charge in [0, 0.05) is 31.1 Å². The summed E-state index contributed by atoms with van der Waals surface area (Å²) in [5.41, 5.74) is 2.16. The molecule has 1 aromatic carbocycles. The second kappa shape index (κ2) is 5.80. The van der Waals surface area contributed by atoms with Crippen LogP contribution in [-0.2, 0) is 6.42 Å². The van der Waals surface area contributed by atoms with Crippen LogP contribution in [-0.4, -0.2) is 46.8 Å². The molecule has 0 aromatic heterocycles. The summed E-state index contributed by atoms with van der Waals surface area (Å²) in [6, 6.07) is 8.96. The van der Waals surface area contributed by atoms with Gasteiger partial charge in [-0.2, -0.15) is 0 Å². The van der Waals surface area contributed by atoms with Crippen LogP contribution in [0.5, 0.6) is 0 Å². The van der Waals surface area contributed by atoms with Crippen LogP contribution in [0.2, 0.25) is 0 Å². The molecule has 5 heteroatoms. The molecule has 0 bridgehead atoms. The molecule has 4 atom stereocenters. The van der Waals surface area contributed by atoms with Gasteiger partial charge in [0.15, 0.2) is 0 Å². The summed E-state index contributed by atoms with van der Waals surface area (Å²) in [7, 11) is 0. The molecule has 1 heterocycles. The summed E-state index contributed by atoms with van der Waals surface area (Å²) in [5, 5.41) is 16.3. The Bertz CT molecular complexity index is 602. The van der Waals surface area contributed by atoms with E-state index in [1.807, 2.05) is 24.3 Å². The summed E-state index contributed by atoms with van der Waals surface area (Å²) in [6.07, 6.45) is 3.68. The van der Waals surface area contributed by atoms with E-state index in [0.717, 1.165) is 30.1 Å². The fourth-order valence-corrected chi connectivity index (χ4v) is 4.19. The van der Waals surface area contributed by atoms with E-state index in [0.29, 0.717) is 12.5 Å². The molecule has 1 aliphatic heterocycles. The van der Waals surface area contributed by atoms with Gasteiger partial charge in [-0.3, -0.25) is 4.90 Å². The molecule has 5 nitrogen and oxygen atoms in total. The monoisotopic (exact) mass is 315 g/mol. The Morgan fingerprint density at radius 2 is 2.04 bits per heavy atom. The van der Waals surface area contributed by atoms with Crippen molar-refractivity contribution < 1.29 is 9.90 Å². The van der Waals surface area contributed by atoms with Gasteiger partial charge >= 0.3 is 6.03 Å². The first-order chi connectivity index (χ1) is 11.1. The van der Waals surface area contributed by atoms with Crippen molar-refractivity contribution in [3.05, 3.63) is 35.4 Å². The van der Waals surface area contributed by atoms with Crippen LogP contribution in [0.4, 0.5) is 4.79 Å². The molecule has 2 aliphatic carbocycles. The number of fused-ring (bicyclic) bond motifs is 1. The number of carbonyl (C=O) groups excluding carboxylic acids is 1. The first-order valence-corrected chi connectivity index (χ1v) is 8.70. The van der Waals surface area contributed by atoms with Crippen LogP contribution in [0.25, 0.3) is 0 Å². The number of carbonyl (C=O) groups is 1. The molecule has 3 N–H and O–H groups in total. The molecule has 1 saturated carbocycles. The van der Waals surface area contributed by atoms with E-state index < -0.39 is 6.10 Å². The van der Waals surface area contributed by atoms with Crippen LogP contribution in [0.1, 0.15) is 43.4 Å². The molecule has 2 unspecified atom stereocenters. The number of urea groups is 1. The summed E-state index contributed by atoms with van der Waals surface area (Å²) in [6.45, 7) is 3.19. The van der Waals surface area contributed by atoms with Gasteiger partial charge in [-0.25, -0.2) is 4.79 Å². The third-order valence-electron chi connectivity index (χ3n) is 5.46. The number of nitrogens with zero attached hydrogens (tertiary/aromatic N) is 1. The van der Waals surface area contributed by atoms with Gasteiger partial charge in [-0.15, -0.1) is 0 Å². The summed E-state index contributed by atoms with van der Waals surface area (Å²) in [5.74, 6) is 0. The van der Waals surface area contributed by atoms with Crippen LogP contribution in [0.15, 0.2) is 24.3 Å². The zero-order valence-electron chi connectivity index (χ0n) is 13.5. The molecule has 1 aromatic rings. The Hall–Kier alpha value is -1.59. The molecule has 2 amide bonds. The molecule has 23 heavy (non-hydrogen) atoms. The van der Waals surface area contributed by atoms with Crippen molar-refractivity contribution in [2.45, 2.75) is 62.9 Å². The van der Waals surface area contributed by atoms with Crippen molar-refractivity contribution in [1.82, 2.24) is 15.5 Å². The predicted molar refractivity (Wildman–Crippen MR) is 88.2 cm³/mol. The van der Waals surface area contributed by atoms with Crippen LogP contribution < -0.4 is 10.6 Å². The highest BCUT2D eigenvalue weighted by molar-refractivity contribution is 5.75. The molecule has 0 radical (unpaired) electrons. The molecule has 124 valence electrons. The molecule has 1 saturated heterocycles. The normalized spacial score (nSPS) is 33.5. The van der Waals surface area contributed by atoms with Crippen molar-refractivity contribution in [3.63, 3.8) is 0 Å². The SMILES string of the molecule is CC1CC(NC(=O)N[C@H]2c3ccccc3C[C@H]2O)CN1C1CC1. The Morgan fingerprint density at radius 1 is 1.26 bits per heavy atom. The lowest BCUT2D eigenvalue weighted by atomic mass is 10.1. The molecule has 4 rings (SSSR count). The number of benzene rings is 1. The number of nitrogens with one attached hydrogen (secondary N) is 2. The lowest BCUT2D eigenvalue weighted by Gasteiger charge is -2.21. The third-order valence-corrected chi connectivity index (χ3v) is 5.46. The zero-order valence-corrected chi connectivity index (χ0v) is 13.5. The quantitative estimate of drug-likeness (QED) is 0.793. The number of rotatable bonds is 3. The highest BCUT2D eigenvalue weighted by Gasteiger charge is 2.39. The Labute approximate surface area is 137 Å². The summed E-state index contributed by atoms with van der Waals surface area (Å²) >= 11 is 0. The lowest BCUT2D eigenvalue weighted by Crippen LogP contribution is -2.46. The third kappa shape index (κ3) is 2.95. The largest absolute Gasteiger partial charge is 0.390 e. The van der Waals surface area contributed by atoms with E-state index in [1.54, 1.807) is 0 Å². The predicted octanol–water partition coefficient (Wildman–Crippen LogP) is 1.57. The Balaban J connectivity index is 1.35. The summed E-state index contributed by atoms with van der Waals surface area (Å²) in [4.78, 5) is 14.9. The van der Waals surface area contributed by atoms with E-state index >= 15 is 0 Å². The first-order valence-electron chi connectivity index (χ1n) is 8.70. The minimum absolute atomic E-state index is 0.166. The smallest absolute Gasteiger partial charge is 0.315 e. The number of likely N-dealkylation sites (tertiary alicyclic amines) is 1. The van der Waals surface area contributed by atoms with Crippen LogP contribution in [0.3, 0.4) is 0 Å². The van der Waals surface area contributed by atoms with Gasteiger partial charge in [-0.1, -0.05) is 24.3 Å². The highest BCUT2D eigenvalue weighted by atomic mass is 16.3. The standard InChI is InChI=1S/C18H25N3O2/c1-11-8-13(10-21(11)14-6-7-14)19-18(23)20-17-15-5-3-2-4-12(15)9-16(17)22/h2-5,11,13-14,16-17,22H,6-10H2,1H3,(H2,19,20,23)/t11?,13?,16-,17+/m1/s1. The second-order valence-electron chi connectivity index (χ2n) is 7.28. The van der Waals surface area contributed by atoms with Crippen molar-refractivity contribution >= 4 is 6.03 Å². The van der Waals surface area contributed by atoms with Gasteiger partial charge in [0.1, 0.15) is 0 Å². The van der Waals surface area contributed by atoms with Crippen LogP contribution >= 0.6 is 0 Å². The van der Waals surface area contributed by atoms with Gasteiger partial charge in [0.05, 0.1) is 12.1 Å².